The highest BCUT2D eigenvalue weighted by molar-refractivity contribution is 9.10. The molecule has 3 rings (SSSR count). The number of carboxylic acids is 1. The van der Waals surface area contributed by atoms with E-state index in [-0.39, 0.29) is 5.56 Å². The molecule has 120 valence electrons. The Hall–Kier alpha value is -2.58. The molecular weight excluding hydrogens is 392 g/mol. The predicted octanol–water partition coefficient (Wildman–Crippen LogP) is 2.62. The SMILES string of the molecule is O=C([O-])c1ccc(/C=N\n2c(-c3cccc(Br)c3)n[nH]c2=S)cc1. The van der Waals surface area contributed by atoms with Crippen LogP contribution in [-0.4, -0.2) is 27.1 Å². The Balaban J connectivity index is 1.94. The van der Waals surface area contributed by atoms with Gasteiger partial charge in [-0.3, -0.25) is 0 Å². The lowest BCUT2D eigenvalue weighted by Crippen LogP contribution is -2.21. The van der Waals surface area contributed by atoms with Crippen LogP contribution in [0.3, 0.4) is 0 Å². The molecule has 8 heteroatoms. The van der Waals surface area contributed by atoms with Crippen LogP contribution in [-0.2, 0) is 0 Å². The number of carboxylic acid groups (broad SMARTS) is 1. The van der Waals surface area contributed by atoms with Crippen LogP contribution >= 0.6 is 28.1 Å². The molecule has 0 aliphatic rings. The number of H-pyrrole nitrogens is 1. The molecule has 6 nitrogen and oxygen atoms in total. The summed E-state index contributed by atoms with van der Waals surface area (Å²) in [4.78, 5) is 10.8. The molecule has 0 spiro atoms. The second kappa shape index (κ2) is 6.90. The van der Waals surface area contributed by atoms with Crippen molar-refractivity contribution in [3.63, 3.8) is 0 Å². The zero-order chi connectivity index (χ0) is 17.1. The fourth-order valence-electron chi connectivity index (χ4n) is 2.04. The van der Waals surface area contributed by atoms with Gasteiger partial charge in [-0.15, -0.1) is 0 Å². The summed E-state index contributed by atoms with van der Waals surface area (Å²) in [6.45, 7) is 0. The highest BCUT2D eigenvalue weighted by atomic mass is 79.9. The van der Waals surface area contributed by atoms with Crippen molar-refractivity contribution >= 4 is 40.3 Å². The topological polar surface area (TPSA) is 86.1 Å². The highest BCUT2D eigenvalue weighted by Gasteiger charge is 2.08. The van der Waals surface area contributed by atoms with E-state index in [0.29, 0.717) is 10.6 Å². The number of nitrogens with one attached hydrogen (secondary N) is 1. The Kier molecular flexibility index (Phi) is 4.68. The third kappa shape index (κ3) is 3.50. The molecule has 0 radical (unpaired) electrons. The fraction of sp³-hybridized carbons (Fsp3) is 0. The first kappa shape index (κ1) is 16.3. The Labute approximate surface area is 150 Å². The first-order valence-electron chi connectivity index (χ1n) is 6.84. The van der Waals surface area contributed by atoms with Crippen molar-refractivity contribution in [3.8, 4) is 11.4 Å². The summed E-state index contributed by atoms with van der Waals surface area (Å²) >= 11 is 8.63. The number of carbonyl (C=O) groups excluding carboxylic acids is 1. The van der Waals surface area contributed by atoms with E-state index in [1.807, 2.05) is 24.3 Å². The summed E-state index contributed by atoms with van der Waals surface area (Å²) in [5.74, 6) is -0.642. The van der Waals surface area contributed by atoms with Crippen molar-refractivity contribution in [1.82, 2.24) is 14.9 Å². The number of aromatic nitrogens is 3. The van der Waals surface area contributed by atoms with Gasteiger partial charge in [0.25, 0.3) is 0 Å². The third-order valence-corrected chi connectivity index (χ3v) is 3.96. The van der Waals surface area contributed by atoms with Crippen LogP contribution in [0.2, 0.25) is 0 Å². The molecule has 1 aromatic heterocycles. The van der Waals surface area contributed by atoms with Crippen LogP contribution in [0, 0.1) is 4.77 Å². The number of carbonyl (C=O) groups is 1. The number of hydrogen-bond donors (Lipinski definition) is 1. The molecule has 0 unspecified atom stereocenters. The quantitative estimate of drug-likeness (QED) is 0.537. The maximum atomic E-state index is 10.8. The van der Waals surface area contributed by atoms with Gasteiger partial charge >= 0.3 is 0 Å². The van der Waals surface area contributed by atoms with Crippen molar-refractivity contribution in [2.75, 3.05) is 0 Å². The van der Waals surface area contributed by atoms with E-state index in [1.54, 1.807) is 18.3 Å². The van der Waals surface area contributed by atoms with Gasteiger partial charge < -0.3 is 9.90 Å². The molecule has 1 N–H and O–H groups in total. The molecule has 0 atom stereocenters. The van der Waals surface area contributed by atoms with Gasteiger partial charge in [0, 0.05) is 10.0 Å². The smallest absolute Gasteiger partial charge is 0.216 e. The molecule has 0 saturated heterocycles. The summed E-state index contributed by atoms with van der Waals surface area (Å²) in [6.07, 6.45) is 1.58. The van der Waals surface area contributed by atoms with Gasteiger partial charge in [-0.1, -0.05) is 52.3 Å². The highest BCUT2D eigenvalue weighted by Crippen LogP contribution is 2.21. The number of aromatic amines is 1. The van der Waals surface area contributed by atoms with E-state index in [0.717, 1.165) is 15.6 Å². The maximum absolute atomic E-state index is 10.8. The largest absolute Gasteiger partial charge is 0.545 e. The lowest BCUT2D eigenvalue weighted by molar-refractivity contribution is -0.255. The van der Waals surface area contributed by atoms with Crippen molar-refractivity contribution in [3.05, 3.63) is 68.9 Å². The van der Waals surface area contributed by atoms with Crippen molar-refractivity contribution in [1.29, 1.82) is 0 Å². The summed E-state index contributed by atoms with van der Waals surface area (Å²) in [5.41, 5.74) is 1.69. The molecule has 24 heavy (non-hydrogen) atoms. The van der Waals surface area contributed by atoms with E-state index in [9.17, 15) is 9.90 Å². The van der Waals surface area contributed by atoms with Gasteiger partial charge in [-0.25, -0.2) is 5.10 Å². The molecule has 0 amide bonds. The monoisotopic (exact) mass is 401 g/mol. The second-order valence-corrected chi connectivity index (χ2v) is 6.13. The lowest BCUT2D eigenvalue weighted by atomic mass is 10.1. The summed E-state index contributed by atoms with van der Waals surface area (Å²) in [6, 6.07) is 13.8. The fourth-order valence-corrected chi connectivity index (χ4v) is 2.62. The standard InChI is InChI=1S/C16H11BrN4O2S/c17-13-3-1-2-12(8-13)14-19-20-16(24)21(14)18-9-10-4-6-11(7-5-10)15(22)23/h1-9H,(H,20,24)(H,22,23)/p-1/b18-9-. The second-order valence-electron chi connectivity index (χ2n) is 4.83. The first-order valence-corrected chi connectivity index (χ1v) is 8.04. The summed E-state index contributed by atoms with van der Waals surface area (Å²) in [5, 5.41) is 22.0. The first-order chi connectivity index (χ1) is 11.5. The van der Waals surface area contributed by atoms with E-state index in [2.05, 4.69) is 31.2 Å². The average molecular weight is 402 g/mol. The third-order valence-electron chi connectivity index (χ3n) is 3.20. The van der Waals surface area contributed by atoms with Gasteiger partial charge in [0.05, 0.1) is 12.2 Å². The number of rotatable bonds is 4. The number of halogens is 1. The maximum Gasteiger partial charge on any atom is 0.216 e. The lowest BCUT2D eigenvalue weighted by Gasteiger charge is -2.03. The Morgan fingerprint density at radius 3 is 2.71 bits per heavy atom. The normalized spacial score (nSPS) is 11.0. The van der Waals surface area contributed by atoms with Crippen molar-refractivity contribution < 1.29 is 9.90 Å². The molecular formula is C16H10BrN4O2S-. The zero-order valence-electron chi connectivity index (χ0n) is 12.1. The molecule has 0 saturated carbocycles. The molecule has 3 aromatic rings. The van der Waals surface area contributed by atoms with Crippen LogP contribution < -0.4 is 5.11 Å². The number of nitrogens with zero attached hydrogens (tertiary/aromatic N) is 3. The number of hydrogen-bond acceptors (Lipinski definition) is 5. The minimum Gasteiger partial charge on any atom is -0.545 e. The van der Waals surface area contributed by atoms with Crippen LogP contribution in [0.1, 0.15) is 15.9 Å². The predicted molar refractivity (Wildman–Crippen MR) is 94.3 cm³/mol. The van der Waals surface area contributed by atoms with Gasteiger partial charge in [0.1, 0.15) is 0 Å². The van der Waals surface area contributed by atoms with E-state index >= 15 is 0 Å². The minimum absolute atomic E-state index is 0.113. The Morgan fingerprint density at radius 1 is 1.29 bits per heavy atom. The van der Waals surface area contributed by atoms with Gasteiger partial charge in [0.2, 0.25) is 4.77 Å². The van der Waals surface area contributed by atoms with Gasteiger partial charge in [-0.05, 0) is 35.5 Å². The molecule has 0 aliphatic carbocycles. The molecule has 2 aromatic carbocycles. The van der Waals surface area contributed by atoms with Crippen molar-refractivity contribution in [2.45, 2.75) is 0 Å². The van der Waals surface area contributed by atoms with Gasteiger partial charge in [0.15, 0.2) is 5.82 Å². The summed E-state index contributed by atoms with van der Waals surface area (Å²) < 4.78 is 2.78. The van der Waals surface area contributed by atoms with E-state index in [4.69, 9.17) is 12.2 Å². The molecule has 0 aliphatic heterocycles. The van der Waals surface area contributed by atoms with Gasteiger partial charge in [-0.2, -0.15) is 14.9 Å². The van der Waals surface area contributed by atoms with Crippen LogP contribution in [0.4, 0.5) is 0 Å². The molecule has 1 heterocycles. The number of benzene rings is 2. The minimum atomic E-state index is -1.22. The Bertz CT molecular complexity index is 976. The average Bonchev–Trinajstić information content (AvgIpc) is 2.94. The molecule has 0 bridgehead atoms. The molecule has 0 fully saturated rings. The zero-order valence-corrected chi connectivity index (χ0v) is 14.5. The van der Waals surface area contributed by atoms with Crippen LogP contribution in [0.15, 0.2) is 58.1 Å². The van der Waals surface area contributed by atoms with Crippen molar-refractivity contribution in [2.24, 2.45) is 5.10 Å². The summed E-state index contributed by atoms with van der Waals surface area (Å²) in [7, 11) is 0. The Morgan fingerprint density at radius 2 is 2.04 bits per heavy atom. The van der Waals surface area contributed by atoms with Crippen LogP contribution in [0.5, 0.6) is 0 Å². The number of aromatic carboxylic acids is 1. The van der Waals surface area contributed by atoms with E-state index in [1.165, 1.54) is 16.8 Å². The van der Waals surface area contributed by atoms with Crippen LogP contribution in [0.25, 0.3) is 11.4 Å². The van der Waals surface area contributed by atoms with E-state index < -0.39 is 5.97 Å².